The number of nitrogens with zero attached hydrogens (tertiary/aromatic N) is 1. The molecule has 168 valence electrons. The van der Waals surface area contributed by atoms with Crippen molar-refractivity contribution in [2.45, 2.75) is 18.7 Å². The number of aryl methyl sites for hydroxylation is 1. The average Bonchev–Trinajstić information content (AvgIpc) is 3.10. The number of halogens is 1. The fraction of sp³-hybridized carbons (Fsp3) is 0.0833. The molecule has 0 bridgehead atoms. The van der Waals surface area contributed by atoms with Gasteiger partial charge in [-0.3, -0.25) is 4.79 Å². The highest BCUT2D eigenvalue weighted by atomic mass is 79.9. The predicted octanol–water partition coefficient (Wildman–Crippen LogP) is 6.10. The number of hydrogen-bond donors (Lipinski definition) is 0. The van der Waals surface area contributed by atoms with Crippen molar-refractivity contribution in [3.63, 3.8) is 0 Å². The maximum Gasteiger partial charge on any atom is 0.434 e. The van der Waals surface area contributed by atoms with Crippen molar-refractivity contribution in [2.24, 2.45) is 0 Å². The minimum absolute atomic E-state index is 0.00894. The number of ether oxygens (including phenoxy) is 1. The minimum atomic E-state index is -4.36. The molecule has 0 radical (unpaired) electrons. The Kier molecular flexibility index (Phi) is 6.09. The van der Waals surface area contributed by atoms with Crippen LogP contribution in [0.25, 0.3) is 11.0 Å². The molecule has 4 aromatic rings. The van der Waals surface area contributed by atoms with E-state index >= 15 is 0 Å². The van der Waals surface area contributed by atoms with E-state index in [-0.39, 0.29) is 22.1 Å². The van der Waals surface area contributed by atoms with E-state index in [1.165, 1.54) is 37.3 Å². The molecule has 33 heavy (non-hydrogen) atoms. The van der Waals surface area contributed by atoms with E-state index in [1.54, 1.807) is 49.4 Å². The number of furan rings is 1. The van der Waals surface area contributed by atoms with Gasteiger partial charge in [0.05, 0.1) is 16.1 Å². The van der Waals surface area contributed by atoms with Gasteiger partial charge in [0.1, 0.15) is 17.1 Å². The first-order chi connectivity index (χ1) is 15.7. The van der Waals surface area contributed by atoms with Crippen LogP contribution in [0, 0.1) is 6.92 Å². The number of carbonyl (C=O) groups is 2. The Morgan fingerprint density at radius 3 is 2.27 bits per heavy atom. The lowest BCUT2D eigenvalue weighted by Gasteiger charge is -2.22. The molecule has 1 heterocycles. The van der Waals surface area contributed by atoms with Crippen LogP contribution in [0.15, 0.2) is 86.6 Å². The van der Waals surface area contributed by atoms with Crippen molar-refractivity contribution < 1.29 is 27.2 Å². The predicted molar refractivity (Wildman–Crippen MR) is 127 cm³/mol. The van der Waals surface area contributed by atoms with Gasteiger partial charge in [0.25, 0.3) is 10.0 Å². The monoisotopic (exact) mass is 527 g/mol. The molecule has 0 saturated carbocycles. The summed E-state index contributed by atoms with van der Waals surface area (Å²) < 4.78 is 39.4. The Morgan fingerprint density at radius 1 is 0.970 bits per heavy atom. The van der Waals surface area contributed by atoms with Gasteiger partial charge in [0.2, 0.25) is 0 Å². The second-order valence-corrected chi connectivity index (χ2v) is 9.88. The SMILES string of the molecule is CC(=O)c1c(C)oc2ccc(N(C(=O)Oc3ccccc3)S(=O)(=O)c3ccc(Br)cc3)cc12. The van der Waals surface area contributed by atoms with Gasteiger partial charge in [0.15, 0.2) is 5.78 Å². The van der Waals surface area contributed by atoms with Gasteiger partial charge in [-0.05, 0) is 68.4 Å². The number of hydrogen-bond acceptors (Lipinski definition) is 6. The number of fused-ring (bicyclic) bond motifs is 1. The number of rotatable bonds is 5. The van der Waals surface area contributed by atoms with E-state index in [1.807, 2.05) is 0 Å². The molecular formula is C24H18BrNO6S. The van der Waals surface area contributed by atoms with Gasteiger partial charge < -0.3 is 9.15 Å². The second kappa shape index (κ2) is 8.84. The third-order valence-corrected chi connectivity index (χ3v) is 7.14. The van der Waals surface area contributed by atoms with Crippen LogP contribution in [0.2, 0.25) is 0 Å². The van der Waals surface area contributed by atoms with Crippen LogP contribution in [0.4, 0.5) is 10.5 Å². The number of amides is 1. The quantitative estimate of drug-likeness (QED) is 0.291. The highest BCUT2D eigenvalue weighted by Gasteiger charge is 2.33. The van der Waals surface area contributed by atoms with E-state index in [0.717, 1.165) is 0 Å². The molecule has 4 rings (SSSR count). The van der Waals surface area contributed by atoms with Crippen molar-refractivity contribution in [1.29, 1.82) is 0 Å². The van der Waals surface area contributed by atoms with Crippen molar-refractivity contribution in [1.82, 2.24) is 0 Å². The van der Waals surface area contributed by atoms with Gasteiger partial charge in [-0.2, -0.15) is 4.31 Å². The Hall–Kier alpha value is -3.43. The van der Waals surface area contributed by atoms with Gasteiger partial charge in [-0.1, -0.05) is 34.1 Å². The third kappa shape index (κ3) is 4.42. The first kappa shape index (κ1) is 22.8. The fourth-order valence-electron chi connectivity index (χ4n) is 3.46. The Bertz CT molecular complexity index is 1460. The summed E-state index contributed by atoms with van der Waals surface area (Å²) in [6.45, 7) is 3.04. The summed E-state index contributed by atoms with van der Waals surface area (Å²) in [5, 5.41) is 0.404. The lowest BCUT2D eigenvalue weighted by atomic mass is 10.1. The maximum atomic E-state index is 13.6. The fourth-order valence-corrected chi connectivity index (χ4v) is 5.04. The number of para-hydroxylation sites is 1. The number of Topliss-reactive ketones (excluding diaryl/α,β-unsaturated/α-hetero) is 1. The zero-order valence-corrected chi connectivity index (χ0v) is 20.0. The van der Waals surface area contributed by atoms with E-state index in [9.17, 15) is 18.0 Å². The van der Waals surface area contributed by atoms with Crippen LogP contribution < -0.4 is 9.04 Å². The molecule has 0 saturated heterocycles. The molecular weight excluding hydrogens is 510 g/mol. The Balaban J connectivity index is 1.88. The van der Waals surface area contributed by atoms with Crippen LogP contribution in [0.5, 0.6) is 5.75 Å². The first-order valence-electron chi connectivity index (χ1n) is 9.80. The number of ketones is 1. The number of anilines is 1. The number of benzene rings is 3. The first-order valence-corrected chi connectivity index (χ1v) is 12.0. The van der Waals surface area contributed by atoms with Gasteiger partial charge in [-0.25, -0.2) is 13.2 Å². The van der Waals surface area contributed by atoms with Crippen LogP contribution in [-0.4, -0.2) is 20.3 Å². The largest absolute Gasteiger partial charge is 0.461 e. The molecule has 0 fully saturated rings. The lowest BCUT2D eigenvalue weighted by Crippen LogP contribution is -2.39. The van der Waals surface area contributed by atoms with Gasteiger partial charge >= 0.3 is 6.09 Å². The van der Waals surface area contributed by atoms with Crippen molar-refractivity contribution >= 4 is 54.5 Å². The highest BCUT2D eigenvalue weighted by Crippen LogP contribution is 2.33. The van der Waals surface area contributed by atoms with E-state index in [2.05, 4.69) is 15.9 Å². The standard InChI is InChI=1S/C24H18BrNO6S/c1-15(27)23-16(2)31-22-13-10-18(14-21(22)23)26(24(28)32-19-6-4-3-5-7-19)33(29,30)20-11-8-17(25)9-12-20/h3-14H,1-2H3. The second-order valence-electron chi connectivity index (χ2n) is 7.17. The molecule has 0 aliphatic rings. The molecule has 0 unspecified atom stereocenters. The van der Waals surface area contributed by atoms with Crippen LogP contribution in [0.3, 0.4) is 0 Å². The Labute approximate surface area is 198 Å². The van der Waals surface area contributed by atoms with E-state index in [0.29, 0.717) is 31.1 Å². The molecule has 7 nitrogen and oxygen atoms in total. The van der Waals surface area contributed by atoms with E-state index in [4.69, 9.17) is 9.15 Å². The number of carbonyl (C=O) groups excluding carboxylic acids is 2. The summed E-state index contributed by atoms with van der Waals surface area (Å²) in [6.07, 6.45) is -1.12. The van der Waals surface area contributed by atoms with Crippen molar-refractivity contribution in [3.8, 4) is 5.75 Å². The molecule has 0 atom stereocenters. The summed E-state index contributed by atoms with van der Waals surface area (Å²) >= 11 is 3.28. The third-order valence-electron chi connectivity index (χ3n) is 4.90. The van der Waals surface area contributed by atoms with Crippen molar-refractivity contribution in [2.75, 3.05) is 4.31 Å². The Morgan fingerprint density at radius 2 is 1.64 bits per heavy atom. The lowest BCUT2D eigenvalue weighted by molar-refractivity contribution is 0.101. The smallest absolute Gasteiger partial charge is 0.434 e. The van der Waals surface area contributed by atoms with Crippen LogP contribution >= 0.6 is 15.9 Å². The maximum absolute atomic E-state index is 13.6. The zero-order chi connectivity index (χ0) is 23.8. The molecule has 1 aromatic heterocycles. The van der Waals surface area contributed by atoms with Crippen LogP contribution in [0.1, 0.15) is 23.0 Å². The topological polar surface area (TPSA) is 93.9 Å². The summed E-state index contributed by atoms with van der Waals surface area (Å²) in [6, 6.07) is 18.4. The summed E-state index contributed by atoms with van der Waals surface area (Å²) in [5.41, 5.74) is 0.734. The molecule has 0 aliphatic carbocycles. The molecule has 3 aromatic carbocycles. The average molecular weight is 528 g/mol. The van der Waals surface area contributed by atoms with Gasteiger partial charge in [0, 0.05) is 9.86 Å². The molecule has 1 amide bonds. The molecule has 0 spiro atoms. The minimum Gasteiger partial charge on any atom is -0.461 e. The van der Waals surface area contributed by atoms with Crippen molar-refractivity contribution in [3.05, 3.63) is 88.6 Å². The molecule has 9 heteroatoms. The summed E-state index contributed by atoms with van der Waals surface area (Å²) in [5.74, 6) is 0.351. The van der Waals surface area contributed by atoms with Gasteiger partial charge in [-0.15, -0.1) is 0 Å². The summed E-state index contributed by atoms with van der Waals surface area (Å²) in [4.78, 5) is 25.2. The van der Waals surface area contributed by atoms with Crippen LogP contribution in [-0.2, 0) is 10.0 Å². The number of sulfonamides is 1. The van der Waals surface area contributed by atoms with E-state index < -0.39 is 16.1 Å². The molecule has 0 aliphatic heterocycles. The summed E-state index contributed by atoms with van der Waals surface area (Å²) in [7, 11) is -4.36. The highest BCUT2D eigenvalue weighted by molar-refractivity contribution is 9.10. The molecule has 0 N–H and O–H groups in total. The zero-order valence-electron chi connectivity index (χ0n) is 17.6. The normalized spacial score (nSPS) is 11.4.